The minimum atomic E-state index is -5.03. The number of phosphoric ester groups is 1. The number of H-pyrrole nitrogens is 1. The van der Waals surface area contributed by atoms with Crippen LogP contribution in [0.1, 0.15) is 18.9 Å². The molecule has 6 heterocycles. The molecule has 2 saturated heterocycles. The van der Waals surface area contributed by atoms with Crippen LogP contribution in [0.2, 0.25) is 0 Å². The van der Waals surface area contributed by atoms with Crippen LogP contribution >= 0.6 is 16.1 Å². The van der Waals surface area contributed by atoms with Crippen LogP contribution in [0.4, 0.5) is 11.8 Å². The molecule has 2 aliphatic rings. The first-order chi connectivity index (χ1) is 20.9. The Balaban J connectivity index is 1.18. The molecule has 44 heavy (non-hydrogen) atoms. The zero-order valence-electron chi connectivity index (χ0n) is 22.3. The molecular formula is C21H27N9O12P2. The van der Waals surface area contributed by atoms with Gasteiger partial charge in [-0.1, -0.05) is 0 Å². The Labute approximate surface area is 245 Å². The van der Waals surface area contributed by atoms with Crippen molar-refractivity contribution in [3.63, 3.8) is 0 Å². The molecule has 0 radical (unpaired) electrons. The highest BCUT2D eigenvalue weighted by Gasteiger charge is 2.50. The van der Waals surface area contributed by atoms with Gasteiger partial charge < -0.3 is 50.0 Å². The molecule has 0 spiro atoms. The molecule has 21 nitrogen and oxygen atoms in total. The smallest absolute Gasteiger partial charge is 0.390 e. The summed E-state index contributed by atoms with van der Waals surface area (Å²) in [5.74, 6) is -0.0105. The van der Waals surface area contributed by atoms with Crippen LogP contribution in [-0.2, 0) is 32.2 Å². The van der Waals surface area contributed by atoms with E-state index in [-0.39, 0.29) is 29.4 Å². The predicted molar refractivity (Wildman–Crippen MR) is 147 cm³/mol. The van der Waals surface area contributed by atoms with E-state index in [1.165, 1.54) is 6.33 Å². The van der Waals surface area contributed by atoms with E-state index < -0.39 is 77.8 Å². The van der Waals surface area contributed by atoms with Crippen molar-refractivity contribution in [3.8, 4) is 0 Å². The van der Waals surface area contributed by atoms with Crippen molar-refractivity contribution < 1.29 is 52.2 Å². The number of aliphatic hydroxyl groups is 2. The van der Waals surface area contributed by atoms with E-state index in [0.717, 1.165) is 10.9 Å². The van der Waals surface area contributed by atoms with Gasteiger partial charge in [0.15, 0.2) is 17.4 Å². The topological polar surface area (TPSA) is 308 Å². The number of hydrogen-bond acceptors (Lipinski definition) is 16. The van der Waals surface area contributed by atoms with Crippen LogP contribution in [0.3, 0.4) is 0 Å². The van der Waals surface area contributed by atoms with Crippen LogP contribution in [0.25, 0.3) is 22.2 Å². The van der Waals surface area contributed by atoms with Gasteiger partial charge in [0.25, 0.3) is 5.56 Å². The van der Waals surface area contributed by atoms with Crippen LogP contribution < -0.4 is 17.0 Å². The summed E-state index contributed by atoms with van der Waals surface area (Å²) in [6.45, 7) is -1.20. The standard InChI is InChI=1S/C21H27N9O12P2/c22-16-8-1-2-29(17(8)25-6-24-16)12-3-9(31)10(40-12)5-39-44(36,37)42-15-14(32)11(4-38-43(34)35)41-20(15)30-7-26-13-18(30)27-21(23)28-19(13)33/h1-2,6-7,9-12,14-15,20,31-32,43H,3-5H2,(H,34,35)(H,36,37)(H2,22,24,25)(H3,23,27,28,33)/t9?,10-,11-,12-,14?,15?,20-/m1/s1. The zero-order valence-corrected chi connectivity index (χ0v) is 24.2. The Hall–Kier alpha value is -3.33. The minimum Gasteiger partial charge on any atom is -0.390 e. The van der Waals surface area contributed by atoms with E-state index in [4.69, 9.17) is 34.9 Å². The maximum atomic E-state index is 13.1. The average Bonchev–Trinajstić information content (AvgIpc) is 3.72. The second kappa shape index (κ2) is 11.9. The number of nitrogen functional groups attached to an aromatic ring is 2. The zero-order chi connectivity index (χ0) is 31.3. The lowest BCUT2D eigenvalue weighted by Crippen LogP contribution is -2.35. The van der Waals surface area contributed by atoms with Gasteiger partial charge in [0.1, 0.15) is 48.4 Å². The third kappa shape index (κ3) is 5.87. The number of anilines is 2. The first-order valence-corrected chi connectivity index (χ1v) is 15.7. The third-order valence-electron chi connectivity index (χ3n) is 7.12. The highest BCUT2D eigenvalue weighted by Crippen LogP contribution is 2.50. The van der Waals surface area contributed by atoms with Gasteiger partial charge in [-0.25, -0.2) is 19.5 Å². The number of nitrogens with zero attached hydrogens (tertiary/aromatic N) is 6. The van der Waals surface area contributed by atoms with E-state index in [1.807, 2.05) is 0 Å². The van der Waals surface area contributed by atoms with Crippen molar-refractivity contribution in [3.05, 3.63) is 35.3 Å². The maximum absolute atomic E-state index is 13.1. The fourth-order valence-electron chi connectivity index (χ4n) is 5.09. The third-order valence-corrected chi connectivity index (χ3v) is 8.52. The Morgan fingerprint density at radius 3 is 2.70 bits per heavy atom. The largest absolute Gasteiger partial charge is 0.472 e. The number of aliphatic hydroxyl groups excluding tert-OH is 2. The van der Waals surface area contributed by atoms with E-state index >= 15 is 0 Å². The summed E-state index contributed by atoms with van der Waals surface area (Å²) >= 11 is 0. The van der Waals surface area contributed by atoms with E-state index in [9.17, 15) is 29.0 Å². The number of aromatic nitrogens is 7. The maximum Gasteiger partial charge on any atom is 0.472 e. The van der Waals surface area contributed by atoms with Gasteiger partial charge in [-0.2, -0.15) is 4.98 Å². The molecule has 2 fully saturated rings. The van der Waals surface area contributed by atoms with Crippen molar-refractivity contribution >= 4 is 50.0 Å². The summed E-state index contributed by atoms with van der Waals surface area (Å²) in [5.41, 5.74) is 11.0. The minimum absolute atomic E-state index is 0.0915. The number of nitrogens with two attached hydrogens (primary N) is 2. The molecule has 2 aliphatic heterocycles. The summed E-state index contributed by atoms with van der Waals surface area (Å²) in [4.78, 5) is 50.3. The monoisotopic (exact) mass is 659 g/mol. The van der Waals surface area contributed by atoms with E-state index in [0.29, 0.717) is 11.0 Å². The molecule has 0 aliphatic carbocycles. The normalized spacial score (nSPS) is 29.4. The number of imidazole rings is 1. The van der Waals surface area contributed by atoms with Crippen LogP contribution in [0, 0.1) is 0 Å². The number of rotatable bonds is 10. The van der Waals surface area contributed by atoms with Crippen molar-refractivity contribution in [2.45, 2.75) is 49.4 Å². The molecule has 4 aromatic heterocycles. The summed E-state index contributed by atoms with van der Waals surface area (Å²) < 4.78 is 53.7. The molecule has 0 aromatic carbocycles. The molecule has 9 atom stereocenters. The number of hydrogen-bond donors (Lipinski definition) is 7. The Bertz CT molecular complexity index is 1820. The summed E-state index contributed by atoms with van der Waals surface area (Å²) in [7, 11) is -8.46. The SMILES string of the molecule is Nc1nc2c(ncn2[C@@H]2O[C@H](CO[PH](=O)O)C(O)C2OP(=O)(O)OC[C@H]2O[C@@H](n3ccc4c(N)ncnc43)CC2O)c(=O)[nH]1. The van der Waals surface area contributed by atoms with Gasteiger partial charge >= 0.3 is 16.1 Å². The molecule has 23 heteroatoms. The quantitative estimate of drug-likeness (QED) is 0.0956. The van der Waals surface area contributed by atoms with Crippen molar-refractivity contribution in [1.29, 1.82) is 0 Å². The number of nitrogens with one attached hydrogen (secondary N) is 1. The first-order valence-electron chi connectivity index (χ1n) is 12.9. The second-order valence-corrected chi connectivity index (χ2v) is 12.1. The van der Waals surface area contributed by atoms with Gasteiger partial charge in [0, 0.05) is 12.6 Å². The van der Waals surface area contributed by atoms with Crippen LogP contribution in [-0.4, -0.2) is 97.8 Å². The first kappa shape index (κ1) is 30.7. The van der Waals surface area contributed by atoms with Gasteiger partial charge in [0.2, 0.25) is 5.95 Å². The fraction of sp³-hybridized carbons (Fsp3) is 0.476. The lowest BCUT2D eigenvalue weighted by molar-refractivity contribution is -0.0581. The average molecular weight is 659 g/mol. The molecule has 6 rings (SSSR count). The summed E-state index contributed by atoms with van der Waals surface area (Å²) in [6, 6.07) is 1.69. The molecule has 4 aromatic rings. The number of ether oxygens (including phenoxy) is 2. The summed E-state index contributed by atoms with van der Waals surface area (Å²) in [5, 5.41) is 22.1. The lowest BCUT2D eigenvalue weighted by atomic mass is 10.1. The Morgan fingerprint density at radius 1 is 1.14 bits per heavy atom. The van der Waals surface area contributed by atoms with Crippen LogP contribution in [0.15, 0.2) is 29.7 Å². The van der Waals surface area contributed by atoms with E-state index in [1.54, 1.807) is 16.8 Å². The van der Waals surface area contributed by atoms with Gasteiger partial charge in [-0.05, 0) is 6.07 Å². The Kier molecular flexibility index (Phi) is 8.28. The second-order valence-electron chi connectivity index (χ2n) is 9.89. The van der Waals surface area contributed by atoms with Gasteiger partial charge in [0.05, 0.1) is 31.0 Å². The van der Waals surface area contributed by atoms with Gasteiger partial charge in [-0.3, -0.25) is 28.0 Å². The lowest BCUT2D eigenvalue weighted by Gasteiger charge is -2.25. The number of phosphoric acid groups is 1. The van der Waals surface area contributed by atoms with Crippen molar-refractivity contribution in [1.82, 2.24) is 34.1 Å². The Morgan fingerprint density at radius 2 is 1.93 bits per heavy atom. The highest BCUT2D eigenvalue weighted by atomic mass is 31.2. The molecule has 9 N–H and O–H groups in total. The number of fused-ring (bicyclic) bond motifs is 2. The fourth-order valence-corrected chi connectivity index (χ4v) is 6.33. The molecule has 0 bridgehead atoms. The predicted octanol–water partition coefficient (Wildman–Crippen LogP) is -1.46. The van der Waals surface area contributed by atoms with E-state index in [2.05, 4.69) is 29.4 Å². The molecule has 238 valence electrons. The van der Waals surface area contributed by atoms with Crippen LogP contribution in [0.5, 0.6) is 0 Å². The molecule has 5 unspecified atom stereocenters. The van der Waals surface area contributed by atoms with Crippen molar-refractivity contribution in [2.24, 2.45) is 0 Å². The molecule has 0 saturated carbocycles. The summed E-state index contributed by atoms with van der Waals surface area (Å²) in [6.07, 6.45) is -4.95. The molecular weight excluding hydrogens is 632 g/mol. The highest BCUT2D eigenvalue weighted by molar-refractivity contribution is 7.47. The van der Waals surface area contributed by atoms with Crippen molar-refractivity contribution in [2.75, 3.05) is 24.7 Å². The molecule has 0 amide bonds. The van der Waals surface area contributed by atoms with Gasteiger partial charge in [-0.15, -0.1) is 0 Å². The number of aromatic amines is 1.